The minimum atomic E-state index is -0.742. The summed E-state index contributed by atoms with van der Waals surface area (Å²) < 4.78 is 17.4. The normalized spacial score (nSPS) is 18.3. The lowest BCUT2D eigenvalue weighted by Gasteiger charge is -2.32. The monoisotopic (exact) mass is 403 g/mol. The predicted octanol–water partition coefficient (Wildman–Crippen LogP) is 4.52. The molecular weight excluding hydrogens is 378 g/mol. The molecule has 30 heavy (non-hydrogen) atoms. The average molecular weight is 403 g/mol. The van der Waals surface area contributed by atoms with Crippen molar-refractivity contribution in [3.05, 3.63) is 90.0 Å². The molecule has 0 aromatic heterocycles. The van der Waals surface area contributed by atoms with Gasteiger partial charge in [0.25, 0.3) is 5.91 Å². The van der Waals surface area contributed by atoms with Gasteiger partial charge in [-0.15, -0.1) is 0 Å². The maximum Gasteiger partial charge on any atom is 0.265 e. The van der Waals surface area contributed by atoms with E-state index in [9.17, 15) is 4.79 Å². The fraction of sp³-hybridized carbons (Fsp3) is 0.240. The van der Waals surface area contributed by atoms with Crippen LogP contribution in [0.15, 0.2) is 78.9 Å². The van der Waals surface area contributed by atoms with Gasteiger partial charge >= 0.3 is 0 Å². The molecule has 5 nitrogen and oxygen atoms in total. The molecule has 1 amide bonds. The van der Waals surface area contributed by atoms with Gasteiger partial charge in [-0.3, -0.25) is 4.79 Å². The van der Waals surface area contributed by atoms with Crippen LogP contribution in [0.5, 0.6) is 17.2 Å². The van der Waals surface area contributed by atoms with E-state index in [2.05, 4.69) is 5.32 Å². The molecule has 3 atom stereocenters. The first-order valence-corrected chi connectivity index (χ1v) is 10.2. The molecular formula is C25H25NO4. The summed E-state index contributed by atoms with van der Waals surface area (Å²) in [6.45, 7) is 4.40. The second-order valence-corrected chi connectivity index (χ2v) is 7.16. The van der Waals surface area contributed by atoms with Crippen LogP contribution in [-0.2, 0) is 4.79 Å². The number of nitrogens with one attached hydrogen (secondary N) is 1. The molecule has 1 aliphatic rings. The first-order valence-electron chi connectivity index (χ1n) is 10.2. The highest BCUT2D eigenvalue weighted by Crippen LogP contribution is 2.34. The molecule has 0 fully saturated rings. The second-order valence-electron chi connectivity index (χ2n) is 7.16. The quantitative estimate of drug-likeness (QED) is 0.658. The molecule has 0 bridgehead atoms. The SMILES string of the molecule is CCOc1ccc(C(NC(=O)C2Oc3ccccc3OC2C)c2ccccc2)cc1. The Balaban J connectivity index is 1.58. The van der Waals surface area contributed by atoms with Gasteiger partial charge in [0.1, 0.15) is 11.9 Å². The Kier molecular flexibility index (Phi) is 5.89. The minimum Gasteiger partial charge on any atom is -0.494 e. The summed E-state index contributed by atoms with van der Waals surface area (Å²) in [6, 6.07) is 24.7. The number of carbonyl (C=O) groups is 1. The Morgan fingerprint density at radius 3 is 2.17 bits per heavy atom. The number of fused-ring (bicyclic) bond motifs is 1. The first-order chi connectivity index (χ1) is 14.7. The van der Waals surface area contributed by atoms with Gasteiger partial charge < -0.3 is 19.5 Å². The van der Waals surface area contributed by atoms with E-state index in [-0.39, 0.29) is 11.9 Å². The van der Waals surface area contributed by atoms with Crippen LogP contribution in [0.4, 0.5) is 0 Å². The Bertz CT molecular complexity index is 988. The Labute approximate surface area is 176 Å². The molecule has 154 valence electrons. The zero-order chi connectivity index (χ0) is 20.9. The molecule has 4 rings (SSSR count). The van der Waals surface area contributed by atoms with Gasteiger partial charge in [0.05, 0.1) is 12.6 Å². The van der Waals surface area contributed by atoms with E-state index in [1.807, 2.05) is 92.7 Å². The Morgan fingerprint density at radius 2 is 1.50 bits per heavy atom. The van der Waals surface area contributed by atoms with Crippen LogP contribution in [0, 0.1) is 0 Å². The molecule has 3 aromatic carbocycles. The number of rotatable bonds is 6. The maximum absolute atomic E-state index is 13.2. The standard InChI is InChI=1S/C25H25NO4/c1-3-28-20-15-13-19(14-16-20)23(18-9-5-4-6-10-18)26-25(27)24-17(2)29-21-11-7-8-12-22(21)30-24/h4-17,23-24H,3H2,1-2H3,(H,26,27). The third-order valence-electron chi connectivity index (χ3n) is 5.04. The van der Waals surface area contributed by atoms with E-state index in [0.717, 1.165) is 16.9 Å². The lowest BCUT2D eigenvalue weighted by atomic mass is 9.98. The van der Waals surface area contributed by atoms with E-state index in [0.29, 0.717) is 18.1 Å². The first kappa shape index (κ1) is 19.8. The summed E-state index contributed by atoms with van der Waals surface area (Å²) in [4.78, 5) is 13.2. The lowest BCUT2D eigenvalue weighted by Crippen LogP contribution is -2.49. The predicted molar refractivity (Wildman–Crippen MR) is 115 cm³/mol. The van der Waals surface area contributed by atoms with Crippen molar-refractivity contribution < 1.29 is 19.0 Å². The highest BCUT2D eigenvalue weighted by molar-refractivity contribution is 5.83. The number of benzene rings is 3. The molecule has 3 unspecified atom stereocenters. The van der Waals surface area contributed by atoms with Gasteiger partial charge in [-0.25, -0.2) is 0 Å². The van der Waals surface area contributed by atoms with Crippen molar-refractivity contribution in [3.8, 4) is 17.2 Å². The zero-order valence-corrected chi connectivity index (χ0v) is 17.1. The van der Waals surface area contributed by atoms with Crippen LogP contribution >= 0.6 is 0 Å². The van der Waals surface area contributed by atoms with Gasteiger partial charge in [0.15, 0.2) is 11.5 Å². The molecule has 0 aliphatic carbocycles. The molecule has 0 saturated carbocycles. The molecule has 0 saturated heterocycles. The van der Waals surface area contributed by atoms with Crippen molar-refractivity contribution in [2.45, 2.75) is 32.1 Å². The number of ether oxygens (including phenoxy) is 3. The van der Waals surface area contributed by atoms with Gasteiger partial charge in [0.2, 0.25) is 6.10 Å². The fourth-order valence-electron chi connectivity index (χ4n) is 3.56. The summed E-state index contributed by atoms with van der Waals surface area (Å²) in [5.41, 5.74) is 1.95. The number of hydrogen-bond acceptors (Lipinski definition) is 4. The van der Waals surface area contributed by atoms with Gasteiger partial charge in [-0.1, -0.05) is 54.6 Å². The van der Waals surface area contributed by atoms with E-state index < -0.39 is 12.2 Å². The number of para-hydroxylation sites is 2. The van der Waals surface area contributed by atoms with Crippen LogP contribution in [0.3, 0.4) is 0 Å². The summed E-state index contributed by atoms with van der Waals surface area (Å²) >= 11 is 0. The third-order valence-corrected chi connectivity index (χ3v) is 5.04. The molecule has 3 aromatic rings. The van der Waals surface area contributed by atoms with Crippen LogP contribution in [-0.4, -0.2) is 24.7 Å². The summed E-state index contributed by atoms with van der Waals surface area (Å²) in [5.74, 6) is 1.81. The maximum atomic E-state index is 13.2. The van der Waals surface area contributed by atoms with Crippen LogP contribution in [0.25, 0.3) is 0 Å². The Hall–Kier alpha value is -3.47. The van der Waals surface area contributed by atoms with Crippen LogP contribution < -0.4 is 19.5 Å². The summed E-state index contributed by atoms with van der Waals surface area (Å²) in [6.07, 6.45) is -1.15. The minimum absolute atomic E-state index is 0.222. The van der Waals surface area contributed by atoms with Gasteiger partial charge in [0, 0.05) is 0 Å². The number of hydrogen-bond donors (Lipinski definition) is 1. The molecule has 1 heterocycles. The van der Waals surface area contributed by atoms with Crippen molar-refractivity contribution >= 4 is 5.91 Å². The number of amides is 1. The van der Waals surface area contributed by atoms with Crippen molar-refractivity contribution in [2.24, 2.45) is 0 Å². The van der Waals surface area contributed by atoms with Crippen molar-refractivity contribution in [1.29, 1.82) is 0 Å². The van der Waals surface area contributed by atoms with E-state index in [4.69, 9.17) is 14.2 Å². The van der Waals surface area contributed by atoms with E-state index in [1.165, 1.54) is 0 Å². The third kappa shape index (κ3) is 4.25. The second kappa shape index (κ2) is 8.91. The molecule has 0 radical (unpaired) electrons. The largest absolute Gasteiger partial charge is 0.494 e. The summed E-state index contributed by atoms with van der Waals surface area (Å²) in [5, 5.41) is 3.15. The fourth-order valence-corrected chi connectivity index (χ4v) is 3.56. The molecule has 1 N–H and O–H groups in total. The lowest BCUT2D eigenvalue weighted by molar-refractivity contribution is -0.133. The smallest absolute Gasteiger partial charge is 0.265 e. The zero-order valence-electron chi connectivity index (χ0n) is 17.1. The molecule has 1 aliphatic heterocycles. The average Bonchev–Trinajstić information content (AvgIpc) is 2.78. The van der Waals surface area contributed by atoms with Crippen molar-refractivity contribution in [3.63, 3.8) is 0 Å². The van der Waals surface area contributed by atoms with Crippen LogP contribution in [0.2, 0.25) is 0 Å². The highest BCUT2D eigenvalue weighted by Gasteiger charge is 2.35. The Morgan fingerprint density at radius 1 is 0.900 bits per heavy atom. The van der Waals surface area contributed by atoms with Gasteiger partial charge in [-0.05, 0) is 49.2 Å². The van der Waals surface area contributed by atoms with Crippen molar-refractivity contribution in [2.75, 3.05) is 6.61 Å². The topological polar surface area (TPSA) is 56.8 Å². The summed E-state index contributed by atoms with van der Waals surface area (Å²) in [7, 11) is 0. The van der Waals surface area contributed by atoms with E-state index in [1.54, 1.807) is 0 Å². The van der Waals surface area contributed by atoms with E-state index >= 15 is 0 Å². The van der Waals surface area contributed by atoms with Gasteiger partial charge in [-0.2, -0.15) is 0 Å². The molecule has 0 spiro atoms. The number of carbonyl (C=O) groups excluding carboxylic acids is 1. The van der Waals surface area contributed by atoms with Crippen LogP contribution in [0.1, 0.15) is 31.0 Å². The highest BCUT2D eigenvalue weighted by atomic mass is 16.6. The van der Waals surface area contributed by atoms with Crippen molar-refractivity contribution in [1.82, 2.24) is 5.32 Å². The molecule has 5 heteroatoms.